The quantitative estimate of drug-likeness (QED) is 0.606. The van der Waals surface area contributed by atoms with Crippen LogP contribution in [0.1, 0.15) is 19.8 Å². The summed E-state index contributed by atoms with van der Waals surface area (Å²) in [5.41, 5.74) is 0. The molecular weight excluding hydrogens is 220 g/mol. The van der Waals surface area contributed by atoms with Gasteiger partial charge in [0.25, 0.3) is 0 Å². The highest BCUT2D eigenvalue weighted by Gasteiger charge is 2.16. The lowest BCUT2D eigenvalue weighted by atomic mass is 10.1. The first-order chi connectivity index (χ1) is 8.15. The van der Waals surface area contributed by atoms with Crippen molar-refractivity contribution < 1.29 is 14.3 Å². The molecule has 0 radical (unpaired) electrons. The molecule has 1 unspecified atom stereocenters. The summed E-state index contributed by atoms with van der Waals surface area (Å²) in [7, 11) is 3.22. The van der Waals surface area contributed by atoms with E-state index in [1.807, 2.05) is 13.0 Å². The molecule has 0 saturated heterocycles. The van der Waals surface area contributed by atoms with Gasteiger partial charge in [-0.3, -0.25) is 4.79 Å². The van der Waals surface area contributed by atoms with Gasteiger partial charge >= 0.3 is 0 Å². The van der Waals surface area contributed by atoms with Gasteiger partial charge in [0.2, 0.25) is 5.91 Å². The van der Waals surface area contributed by atoms with Crippen LogP contribution in [0.15, 0.2) is 0 Å². The Balaban J connectivity index is 4.16. The minimum absolute atomic E-state index is 0.0573. The molecule has 5 heteroatoms. The highest BCUT2D eigenvalue weighted by molar-refractivity contribution is 5.76. The third-order valence-electron chi connectivity index (χ3n) is 2.39. The van der Waals surface area contributed by atoms with Crippen molar-refractivity contribution in [2.45, 2.75) is 19.8 Å². The van der Waals surface area contributed by atoms with E-state index in [2.05, 4.69) is 0 Å². The van der Waals surface area contributed by atoms with Crippen molar-refractivity contribution in [3.8, 4) is 6.07 Å². The average Bonchev–Trinajstić information content (AvgIpc) is 2.29. The van der Waals surface area contributed by atoms with Crippen molar-refractivity contribution in [2.24, 2.45) is 5.92 Å². The zero-order valence-electron chi connectivity index (χ0n) is 10.9. The summed E-state index contributed by atoms with van der Waals surface area (Å²) >= 11 is 0. The summed E-state index contributed by atoms with van der Waals surface area (Å²) in [6, 6.07) is 2.05. The molecule has 0 fully saturated rings. The zero-order chi connectivity index (χ0) is 13.1. The molecule has 0 spiro atoms. The van der Waals surface area contributed by atoms with Gasteiger partial charge in [0.15, 0.2) is 0 Å². The summed E-state index contributed by atoms with van der Waals surface area (Å²) in [5.74, 6) is 0.251. The molecule has 5 nitrogen and oxygen atoms in total. The molecule has 1 amide bonds. The number of rotatable bonds is 9. The summed E-state index contributed by atoms with van der Waals surface area (Å²) in [5, 5.41) is 8.55. The number of hydrogen-bond acceptors (Lipinski definition) is 4. The molecular formula is C12H22N2O3. The fraction of sp³-hybridized carbons (Fsp3) is 0.833. The second-order valence-electron chi connectivity index (χ2n) is 4.05. The van der Waals surface area contributed by atoms with Crippen molar-refractivity contribution in [3.63, 3.8) is 0 Å². The number of nitriles is 1. The Labute approximate surface area is 103 Å². The summed E-state index contributed by atoms with van der Waals surface area (Å²) in [6.07, 6.45) is 0.803. The smallest absolute Gasteiger partial charge is 0.223 e. The van der Waals surface area contributed by atoms with E-state index in [0.717, 1.165) is 0 Å². The fourth-order valence-electron chi connectivity index (χ4n) is 1.52. The van der Waals surface area contributed by atoms with E-state index in [0.29, 0.717) is 39.1 Å². The van der Waals surface area contributed by atoms with Crippen LogP contribution < -0.4 is 0 Å². The lowest BCUT2D eigenvalue weighted by Crippen LogP contribution is -2.35. The van der Waals surface area contributed by atoms with Crippen LogP contribution in [0.5, 0.6) is 0 Å². The Morgan fingerprint density at radius 1 is 1.35 bits per heavy atom. The predicted octanol–water partition coefficient (Wildman–Crippen LogP) is 1.05. The highest BCUT2D eigenvalue weighted by Crippen LogP contribution is 2.06. The van der Waals surface area contributed by atoms with Crippen molar-refractivity contribution in [1.29, 1.82) is 5.26 Å². The molecule has 0 bridgehead atoms. The van der Waals surface area contributed by atoms with Crippen molar-refractivity contribution >= 4 is 5.91 Å². The van der Waals surface area contributed by atoms with E-state index in [1.165, 1.54) is 0 Å². The van der Waals surface area contributed by atoms with Crippen LogP contribution in [-0.4, -0.2) is 51.3 Å². The van der Waals surface area contributed by atoms with Gasteiger partial charge in [0.1, 0.15) is 0 Å². The monoisotopic (exact) mass is 242 g/mol. The Bertz CT molecular complexity index is 251. The largest absolute Gasteiger partial charge is 0.384 e. The van der Waals surface area contributed by atoms with Crippen LogP contribution in [0.3, 0.4) is 0 Å². The molecule has 0 aliphatic rings. The van der Waals surface area contributed by atoms with Crippen molar-refractivity contribution in [3.05, 3.63) is 0 Å². The van der Waals surface area contributed by atoms with E-state index in [4.69, 9.17) is 14.7 Å². The molecule has 0 aromatic heterocycles. The lowest BCUT2D eigenvalue weighted by Gasteiger charge is -2.22. The lowest BCUT2D eigenvalue weighted by molar-refractivity contribution is -0.133. The van der Waals surface area contributed by atoms with Crippen LogP contribution in [0.4, 0.5) is 0 Å². The van der Waals surface area contributed by atoms with Crippen LogP contribution >= 0.6 is 0 Å². The number of hydrogen-bond donors (Lipinski definition) is 0. The van der Waals surface area contributed by atoms with Gasteiger partial charge < -0.3 is 14.4 Å². The summed E-state index contributed by atoms with van der Waals surface area (Å²) < 4.78 is 9.95. The third kappa shape index (κ3) is 7.72. The van der Waals surface area contributed by atoms with Gasteiger partial charge in [-0.15, -0.1) is 0 Å². The van der Waals surface area contributed by atoms with E-state index in [9.17, 15) is 4.79 Å². The molecule has 0 aromatic carbocycles. The minimum Gasteiger partial charge on any atom is -0.384 e. The van der Waals surface area contributed by atoms with Gasteiger partial charge in [-0.1, -0.05) is 6.92 Å². The molecule has 0 N–H and O–H groups in total. The summed E-state index contributed by atoms with van der Waals surface area (Å²) in [6.45, 7) is 4.05. The molecule has 0 aliphatic carbocycles. The zero-order valence-corrected chi connectivity index (χ0v) is 10.9. The highest BCUT2D eigenvalue weighted by atomic mass is 16.5. The fourth-order valence-corrected chi connectivity index (χ4v) is 1.52. The van der Waals surface area contributed by atoms with Gasteiger partial charge in [-0.2, -0.15) is 5.26 Å². The number of methoxy groups -OCH3 is 2. The van der Waals surface area contributed by atoms with Crippen LogP contribution in [0.2, 0.25) is 0 Å². The molecule has 17 heavy (non-hydrogen) atoms. The molecule has 98 valence electrons. The average molecular weight is 242 g/mol. The standard InChI is InChI=1S/C12H22N2O3/c1-11(10-17-3)9-12(15)14(6-4-5-13)7-8-16-2/h11H,4,6-10H2,1-3H3. The maximum atomic E-state index is 11.9. The van der Waals surface area contributed by atoms with E-state index < -0.39 is 0 Å². The Hall–Kier alpha value is -1.12. The van der Waals surface area contributed by atoms with Crippen molar-refractivity contribution in [1.82, 2.24) is 4.90 Å². The van der Waals surface area contributed by atoms with Crippen LogP contribution in [0.25, 0.3) is 0 Å². The van der Waals surface area contributed by atoms with E-state index >= 15 is 0 Å². The maximum absolute atomic E-state index is 11.9. The third-order valence-corrected chi connectivity index (χ3v) is 2.39. The number of carbonyl (C=O) groups excluding carboxylic acids is 1. The maximum Gasteiger partial charge on any atom is 0.223 e. The van der Waals surface area contributed by atoms with E-state index in [1.54, 1.807) is 19.1 Å². The van der Waals surface area contributed by atoms with Gasteiger partial charge in [0.05, 0.1) is 19.1 Å². The first-order valence-electron chi connectivity index (χ1n) is 5.78. The molecule has 0 aromatic rings. The predicted molar refractivity (Wildman–Crippen MR) is 64.3 cm³/mol. The van der Waals surface area contributed by atoms with Gasteiger partial charge in [-0.05, 0) is 5.92 Å². The second kappa shape index (κ2) is 10.1. The topological polar surface area (TPSA) is 62.6 Å². The number of nitrogens with zero attached hydrogens (tertiary/aromatic N) is 2. The van der Waals surface area contributed by atoms with Gasteiger partial charge in [-0.25, -0.2) is 0 Å². The molecule has 0 rings (SSSR count). The number of carbonyl (C=O) groups is 1. The SMILES string of the molecule is COCCN(CCC#N)C(=O)CC(C)COC. The first-order valence-corrected chi connectivity index (χ1v) is 5.78. The van der Waals surface area contributed by atoms with Crippen LogP contribution in [-0.2, 0) is 14.3 Å². The molecule has 0 heterocycles. The number of amides is 1. The van der Waals surface area contributed by atoms with Crippen molar-refractivity contribution in [2.75, 3.05) is 40.5 Å². The normalized spacial score (nSPS) is 11.9. The summed E-state index contributed by atoms with van der Waals surface area (Å²) in [4.78, 5) is 13.6. The minimum atomic E-state index is 0.0573. The van der Waals surface area contributed by atoms with Gasteiger partial charge in [0, 0.05) is 40.3 Å². The molecule has 1 atom stereocenters. The Kier molecular flexibility index (Phi) is 9.40. The molecule has 0 aliphatic heterocycles. The Morgan fingerprint density at radius 2 is 2.06 bits per heavy atom. The van der Waals surface area contributed by atoms with E-state index in [-0.39, 0.29) is 11.8 Å². The Morgan fingerprint density at radius 3 is 2.59 bits per heavy atom. The molecule has 0 saturated carbocycles. The van der Waals surface area contributed by atoms with Crippen LogP contribution in [0, 0.1) is 17.2 Å². The second-order valence-corrected chi connectivity index (χ2v) is 4.05. The number of ether oxygens (including phenoxy) is 2. The first kappa shape index (κ1) is 15.9.